The Morgan fingerprint density at radius 1 is 0.972 bits per heavy atom. The van der Waals surface area contributed by atoms with Gasteiger partial charge in [-0.1, -0.05) is 36.4 Å². The molecule has 1 aliphatic heterocycles. The number of para-hydroxylation sites is 3. The number of ether oxygens (including phenoxy) is 2. The predicted octanol–water partition coefficient (Wildman–Crippen LogP) is 5.03. The number of imidazole rings is 1. The van der Waals surface area contributed by atoms with Crippen molar-refractivity contribution in [3.8, 4) is 11.5 Å². The lowest BCUT2D eigenvalue weighted by molar-refractivity contribution is 0.243. The van der Waals surface area contributed by atoms with E-state index in [-0.39, 0.29) is 4.90 Å². The van der Waals surface area contributed by atoms with Crippen LogP contribution in [0.15, 0.2) is 77.7 Å². The Morgan fingerprint density at radius 3 is 2.44 bits per heavy atom. The molecule has 0 amide bonds. The molecule has 0 bridgehead atoms. The van der Waals surface area contributed by atoms with Crippen molar-refractivity contribution in [1.82, 2.24) is 13.9 Å². The Morgan fingerprint density at radius 2 is 1.69 bits per heavy atom. The van der Waals surface area contributed by atoms with Gasteiger partial charge in [-0.25, -0.2) is 13.4 Å². The molecular weight excluding hydrogens is 474 g/mol. The number of hydrogen-bond donors (Lipinski definition) is 0. The number of aromatic nitrogens is 2. The minimum Gasteiger partial charge on any atom is -0.495 e. The average Bonchev–Trinajstić information content (AvgIpc) is 3.25. The largest absolute Gasteiger partial charge is 0.495 e. The predicted molar refractivity (Wildman–Crippen MR) is 140 cm³/mol. The smallest absolute Gasteiger partial charge is 0.246 e. The van der Waals surface area contributed by atoms with Crippen LogP contribution in [-0.4, -0.2) is 42.5 Å². The highest BCUT2D eigenvalue weighted by Crippen LogP contribution is 2.31. The van der Waals surface area contributed by atoms with Crippen LogP contribution in [-0.2, 0) is 23.2 Å². The van der Waals surface area contributed by atoms with Gasteiger partial charge >= 0.3 is 0 Å². The summed E-state index contributed by atoms with van der Waals surface area (Å²) in [5, 5.41) is 0. The van der Waals surface area contributed by atoms with Gasteiger partial charge in [-0.15, -0.1) is 0 Å². The van der Waals surface area contributed by atoms with Crippen molar-refractivity contribution >= 4 is 21.1 Å². The highest BCUT2D eigenvalue weighted by atomic mass is 32.2. The second-order valence-electron chi connectivity index (χ2n) is 9.23. The average molecular weight is 506 g/mol. The van der Waals surface area contributed by atoms with Gasteiger partial charge in [0.2, 0.25) is 10.0 Å². The van der Waals surface area contributed by atoms with Crippen LogP contribution in [0.2, 0.25) is 0 Å². The first-order chi connectivity index (χ1) is 17.5. The van der Waals surface area contributed by atoms with Crippen LogP contribution in [0.3, 0.4) is 0 Å². The molecule has 0 unspecified atom stereocenters. The molecule has 1 aromatic heterocycles. The van der Waals surface area contributed by atoms with Gasteiger partial charge in [-0.05, 0) is 67.6 Å². The van der Waals surface area contributed by atoms with Crippen molar-refractivity contribution in [3.05, 3.63) is 84.2 Å². The molecule has 36 heavy (non-hydrogen) atoms. The van der Waals surface area contributed by atoms with Gasteiger partial charge in [0.15, 0.2) is 0 Å². The Labute approximate surface area is 212 Å². The molecule has 0 saturated carbocycles. The maximum atomic E-state index is 13.4. The fourth-order valence-electron chi connectivity index (χ4n) is 4.82. The number of rotatable bonds is 8. The van der Waals surface area contributed by atoms with Crippen LogP contribution in [0.25, 0.3) is 11.0 Å². The SMILES string of the molecule is COc1ccc(C)cc1S(=O)(=O)N1CCC(Cn2c(COc3ccccc3)nc3ccccc32)CC1. The summed E-state index contributed by atoms with van der Waals surface area (Å²) in [4.78, 5) is 5.07. The topological polar surface area (TPSA) is 73.7 Å². The molecule has 2 heterocycles. The zero-order valence-electron chi connectivity index (χ0n) is 20.6. The van der Waals surface area contributed by atoms with Crippen molar-refractivity contribution < 1.29 is 17.9 Å². The molecule has 0 N–H and O–H groups in total. The van der Waals surface area contributed by atoms with Crippen molar-refractivity contribution in [2.24, 2.45) is 5.92 Å². The number of piperidine rings is 1. The second-order valence-corrected chi connectivity index (χ2v) is 11.1. The quantitative estimate of drug-likeness (QED) is 0.336. The van der Waals surface area contributed by atoms with Gasteiger partial charge in [-0.3, -0.25) is 0 Å². The van der Waals surface area contributed by atoms with E-state index in [9.17, 15) is 8.42 Å². The van der Waals surface area contributed by atoms with E-state index in [1.165, 1.54) is 7.11 Å². The van der Waals surface area contributed by atoms with E-state index in [0.29, 0.717) is 31.4 Å². The number of hydrogen-bond acceptors (Lipinski definition) is 5. The van der Waals surface area contributed by atoms with Gasteiger partial charge in [0.25, 0.3) is 0 Å². The summed E-state index contributed by atoms with van der Waals surface area (Å²) in [7, 11) is -2.12. The number of nitrogens with zero attached hydrogens (tertiary/aromatic N) is 3. The highest BCUT2D eigenvalue weighted by Gasteiger charge is 2.32. The standard InChI is InChI=1S/C28H31N3O4S/c1-21-12-13-26(34-2)27(18-21)36(32,33)30-16-14-22(15-17-30)19-31-25-11-7-6-10-24(25)29-28(31)20-35-23-8-4-3-5-9-23/h3-13,18,22H,14-17,19-20H2,1-2H3. The minimum absolute atomic E-state index is 0.240. The molecule has 0 radical (unpaired) electrons. The molecule has 8 heteroatoms. The van der Waals surface area contributed by atoms with Crippen molar-refractivity contribution in [1.29, 1.82) is 0 Å². The third-order valence-corrected chi connectivity index (χ3v) is 8.72. The van der Waals surface area contributed by atoms with Crippen molar-refractivity contribution in [2.75, 3.05) is 20.2 Å². The zero-order chi connectivity index (χ0) is 25.1. The maximum Gasteiger partial charge on any atom is 0.246 e. The fraction of sp³-hybridized carbons (Fsp3) is 0.321. The molecule has 7 nitrogen and oxygen atoms in total. The number of methoxy groups -OCH3 is 1. The molecule has 0 spiro atoms. The van der Waals surface area contributed by atoms with Crippen LogP contribution >= 0.6 is 0 Å². The molecule has 1 aliphatic rings. The van der Waals surface area contributed by atoms with Gasteiger partial charge in [0.05, 0.1) is 18.1 Å². The molecule has 4 aromatic rings. The third-order valence-electron chi connectivity index (χ3n) is 6.80. The van der Waals surface area contributed by atoms with Gasteiger partial charge in [0, 0.05) is 19.6 Å². The number of benzene rings is 3. The maximum absolute atomic E-state index is 13.4. The van der Waals surface area contributed by atoms with Gasteiger partial charge < -0.3 is 14.0 Å². The minimum atomic E-state index is -3.63. The van der Waals surface area contributed by atoms with E-state index >= 15 is 0 Å². The summed E-state index contributed by atoms with van der Waals surface area (Å²) in [6, 6.07) is 23.1. The van der Waals surface area contributed by atoms with E-state index in [1.54, 1.807) is 16.4 Å². The summed E-state index contributed by atoms with van der Waals surface area (Å²) >= 11 is 0. The molecular formula is C28H31N3O4S. The Bertz CT molecular complexity index is 1440. The van der Waals surface area contributed by atoms with Crippen LogP contribution in [0.1, 0.15) is 24.2 Å². The lowest BCUT2D eigenvalue weighted by atomic mass is 9.98. The van der Waals surface area contributed by atoms with E-state index < -0.39 is 10.0 Å². The molecule has 5 rings (SSSR count). The van der Waals surface area contributed by atoms with Crippen molar-refractivity contribution in [3.63, 3.8) is 0 Å². The van der Waals surface area contributed by atoms with Crippen molar-refractivity contribution in [2.45, 2.75) is 37.8 Å². The first-order valence-electron chi connectivity index (χ1n) is 12.2. The number of aryl methyl sites for hydroxylation is 1. The third kappa shape index (κ3) is 4.96. The Kier molecular flexibility index (Phi) is 6.98. The summed E-state index contributed by atoms with van der Waals surface area (Å²) in [5.74, 6) is 2.40. The van der Waals surface area contributed by atoms with Gasteiger partial charge in [0.1, 0.15) is 28.8 Å². The fourth-order valence-corrected chi connectivity index (χ4v) is 6.53. The Hall–Kier alpha value is -3.36. The molecule has 0 atom stereocenters. The normalized spacial score (nSPS) is 15.3. The van der Waals surface area contributed by atoms with Crippen LogP contribution < -0.4 is 9.47 Å². The van der Waals surface area contributed by atoms with E-state index in [2.05, 4.69) is 10.6 Å². The van der Waals surface area contributed by atoms with Crippen LogP contribution in [0.4, 0.5) is 0 Å². The van der Waals surface area contributed by atoms with E-state index in [4.69, 9.17) is 14.5 Å². The number of fused-ring (bicyclic) bond motifs is 1. The molecule has 188 valence electrons. The first kappa shape index (κ1) is 24.3. The summed E-state index contributed by atoms with van der Waals surface area (Å²) in [6.07, 6.45) is 1.55. The number of sulfonamides is 1. The van der Waals surface area contributed by atoms with E-state index in [1.807, 2.05) is 61.5 Å². The first-order valence-corrected chi connectivity index (χ1v) is 13.7. The van der Waals surface area contributed by atoms with Gasteiger partial charge in [-0.2, -0.15) is 4.31 Å². The van der Waals surface area contributed by atoms with Crippen LogP contribution in [0.5, 0.6) is 11.5 Å². The van der Waals surface area contributed by atoms with Crippen LogP contribution in [0, 0.1) is 12.8 Å². The van der Waals surface area contributed by atoms with E-state index in [0.717, 1.165) is 47.6 Å². The molecule has 1 saturated heterocycles. The summed E-state index contributed by atoms with van der Waals surface area (Å²) < 4.78 is 42.0. The monoisotopic (exact) mass is 505 g/mol. The lowest BCUT2D eigenvalue weighted by Crippen LogP contribution is -2.39. The summed E-state index contributed by atoms with van der Waals surface area (Å²) in [5.41, 5.74) is 2.90. The Balaban J connectivity index is 1.31. The molecule has 3 aromatic carbocycles. The second kappa shape index (κ2) is 10.3. The molecule has 1 fully saturated rings. The molecule has 0 aliphatic carbocycles. The zero-order valence-corrected chi connectivity index (χ0v) is 21.4. The highest BCUT2D eigenvalue weighted by molar-refractivity contribution is 7.89. The summed E-state index contributed by atoms with van der Waals surface area (Å²) in [6.45, 7) is 3.99. The lowest BCUT2D eigenvalue weighted by Gasteiger charge is -2.32.